The molecule has 0 N–H and O–H groups in total. The summed E-state index contributed by atoms with van der Waals surface area (Å²) in [6.07, 6.45) is 3.46. The average Bonchev–Trinajstić information content (AvgIpc) is 2.77. The van der Waals surface area contributed by atoms with Crippen molar-refractivity contribution in [1.29, 1.82) is 5.26 Å². The van der Waals surface area contributed by atoms with Crippen LogP contribution in [0.5, 0.6) is 0 Å². The Bertz CT molecular complexity index is 536. The lowest BCUT2D eigenvalue weighted by atomic mass is 10.2. The predicted molar refractivity (Wildman–Crippen MR) is 76.0 cm³/mol. The molecule has 1 aromatic rings. The Labute approximate surface area is 119 Å². The zero-order valence-electron chi connectivity index (χ0n) is 12.3. The van der Waals surface area contributed by atoms with Crippen LogP contribution in [0.3, 0.4) is 0 Å². The van der Waals surface area contributed by atoms with Crippen molar-refractivity contribution in [2.45, 2.75) is 26.8 Å². The molecule has 0 aliphatic carbocycles. The van der Waals surface area contributed by atoms with Crippen LogP contribution >= 0.6 is 0 Å². The third-order valence-electron chi connectivity index (χ3n) is 2.80. The van der Waals surface area contributed by atoms with Crippen LogP contribution in [-0.2, 0) is 14.3 Å². The van der Waals surface area contributed by atoms with Crippen molar-refractivity contribution >= 4 is 12.0 Å². The van der Waals surface area contributed by atoms with Crippen molar-refractivity contribution in [2.75, 3.05) is 20.3 Å². The fourth-order valence-electron chi connectivity index (χ4n) is 1.85. The van der Waals surface area contributed by atoms with E-state index < -0.39 is 5.97 Å². The summed E-state index contributed by atoms with van der Waals surface area (Å²) in [4.78, 5) is 11.7. The van der Waals surface area contributed by atoms with Gasteiger partial charge in [0.25, 0.3) is 0 Å². The molecule has 0 saturated heterocycles. The molecule has 20 heavy (non-hydrogen) atoms. The maximum Gasteiger partial charge on any atom is 0.348 e. The summed E-state index contributed by atoms with van der Waals surface area (Å²) in [7, 11) is 1.52. The largest absolute Gasteiger partial charge is 0.459 e. The van der Waals surface area contributed by atoms with Crippen molar-refractivity contribution in [3.63, 3.8) is 0 Å². The molecular formula is C15H20N2O3. The zero-order chi connectivity index (χ0) is 15.1. The Morgan fingerprint density at radius 1 is 1.50 bits per heavy atom. The number of ether oxygens (including phenoxy) is 2. The number of aromatic nitrogens is 1. The van der Waals surface area contributed by atoms with Gasteiger partial charge in [0.15, 0.2) is 0 Å². The fourth-order valence-corrected chi connectivity index (χ4v) is 1.85. The highest BCUT2D eigenvalue weighted by Crippen LogP contribution is 2.16. The van der Waals surface area contributed by atoms with Gasteiger partial charge in [-0.3, -0.25) is 0 Å². The number of carbonyl (C=O) groups is 1. The molecule has 0 aliphatic heterocycles. The lowest BCUT2D eigenvalue weighted by Gasteiger charge is -2.08. The van der Waals surface area contributed by atoms with E-state index in [1.54, 1.807) is 6.08 Å². The molecule has 0 atom stereocenters. The van der Waals surface area contributed by atoms with Crippen LogP contribution in [0.1, 0.15) is 31.1 Å². The minimum absolute atomic E-state index is 0.0120. The van der Waals surface area contributed by atoms with Gasteiger partial charge in [-0.25, -0.2) is 4.79 Å². The van der Waals surface area contributed by atoms with E-state index in [4.69, 9.17) is 14.7 Å². The minimum atomic E-state index is -0.625. The highest BCUT2D eigenvalue weighted by atomic mass is 16.6. The average molecular weight is 276 g/mol. The summed E-state index contributed by atoms with van der Waals surface area (Å²) in [5.41, 5.74) is 1.88. The van der Waals surface area contributed by atoms with Crippen molar-refractivity contribution in [2.24, 2.45) is 0 Å². The van der Waals surface area contributed by atoms with E-state index in [9.17, 15) is 4.79 Å². The molecular weight excluding hydrogens is 256 g/mol. The molecule has 108 valence electrons. The topological polar surface area (TPSA) is 64.2 Å². The van der Waals surface area contributed by atoms with Crippen LogP contribution in [0.25, 0.3) is 6.08 Å². The molecule has 0 bridgehead atoms. The lowest BCUT2D eigenvalue weighted by molar-refractivity contribution is -0.139. The molecule has 0 radical (unpaired) electrons. The molecule has 0 saturated carbocycles. The van der Waals surface area contributed by atoms with Gasteiger partial charge in [-0.2, -0.15) is 5.26 Å². The molecule has 0 unspecified atom stereocenters. The second kappa shape index (κ2) is 7.51. The van der Waals surface area contributed by atoms with E-state index in [1.165, 1.54) is 7.11 Å². The summed E-state index contributed by atoms with van der Waals surface area (Å²) in [6, 6.07) is 4.13. The van der Waals surface area contributed by atoms with E-state index in [0.29, 0.717) is 12.6 Å². The van der Waals surface area contributed by atoms with E-state index in [-0.39, 0.29) is 12.2 Å². The van der Waals surface area contributed by atoms with E-state index >= 15 is 0 Å². The number of nitrogens with zero attached hydrogens (tertiary/aromatic N) is 2. The Kier molecular flexibility index (Phi) is 6.01. The number of nitriles is 1. The molecule has 0 fully saturated rings. The molecule has 0 amide bonds. The molecule has 1 heterocycles. The SMILES string of the molecule is COCCOC(=O)/C(C#N)=C\c1cc(C)n(C(C)C)c1. The number of hydrogen-bond acceptors (Lipinski definition) is 4. The van der Waals surface area contributed by atoms with E-state index in [1.807, 2.05) is 25.3 Å². The standard InChI is InChI=1S/C15H20N2O3/c1-11(2)17-10-13(7-12(17)3)8-14(9-16)15(18)20-6-5-19-4/h7-8,10-11H,5-6H2,1-4H3/b14-8-. The van der Waals surface area contributed by atoms with Crippen molar-refractivity contribution in [3.05, 3.63) is 29.1 Å². The van der Waals surface area contributed by atoms with Crippen LogP contribution in [0.4, 0.5) is 0 Å². The third-order valence-corrected chi connectivity index (χ3v) is 2.80. The van der Waals surface area contributed by atoms with Crippen molar-refractivity contribution < 1.29 is 14.3 Å². The minimum Gasteiger partial charge on any atom is -0.459 e. The lowest BCUT2D eigenvalue weighted by Crippen LogP contribution is -2.11. The van der Waals surface area contributed by atoms with Gasteiger partial charge < -0.3 is 14.0 Å². The van der Waals surface area contributed by atoms with Gasteiger partial charge in [0.2, 0.25) is 0 Å². The molecule has 0 aliphatic rings. The summed E-state index contributed by atoms with van der Waals surface area (Å²) in [6.45, 7) is 6.59. The van der Waals surface area contributed by atoms with Gasteiger partial charge in [0.05, 0.1) is 6.61 Å². The fraction of sp³-hybridized carbons (Fsp3) is 0.467. The first-order valence-electron chi connectivity index (χ1n) is 6.46. The van der Waals surface area contributed by atoms with Crippen LogP contribution in [0.2, 0.25) is 0 Å². The maximum atomic E-state index is 11.7. The summed E-state index contributed by atoms with van der Waals surface area (Å²) >= 11 is 0. The number of rotatable bonds is 6. The monoisotopic (exact) mass is 276 g/mol. The molecule has 1 aromatic heterocycles. The van der Waals surface area contributed by atoms with Crippen LogP contribution in [0.15, 0.2) is 17.8 Å². The molecule has 5 nitrogen and oxygen atoms in total. The molecule has 5 heteroatoms. The second-order valence-electron chi connectivity index (χ2n) is 4.71. The van der Waals surface area contributed by atoms with Gasteiger partial charge in [-0.1, -0.05) is 0 Å². The molecule has 0 spiro atoms. The molecule has 1 rings (SSSR count). The Hall–Kier alpha value is -2.06. The van der Waals surface area contributed by atoms with E-state index in [0.717, 1.165) is 11.3 Å². The number of methoxy groups -OCH3 is 1. The highest BCUT2D eigenvalue weighted by Gasteiger charge is 2.12. The van der Waals surface area contributed by atoms with Crippen LogP contribution in [-0.4, -0.2) is 30.9 Å². The Morgan fingerprint density at radius 2 is 2.20 bits per heavy atom. The molecule has 0 aromatic carbocycles. The number of esters is 1. The smallest absolute Gasteiger partial charge is 0.348 e. The van der Waals surface area contributed by atoms with Gasteiger partial charge in [0.1, 0.15) is 18.2 Å². The first-order valence-corrected chi connectivity index (χ1v) is 6.46. The summed E-state index contributed by atoms with van der Waals surface area (Å²) < 4.78 is 11.8. The first kappa shape index (κ1) is 16.0. The van der Waals surface area contributed by atoms with Gasteiger partial charge in [-0.15, -0.1) is 0 Å². The summed E-state index contributed by atoms with van der Waals surface area (Å²) in [5, 5.41) is 9.04. The summed E-state index contributed by atoms with van der Waals surface area (Å²) in [5.74, 6) is -0.625. The Morgan fingerprint density at radius 3 is 2.70 bits per heavy atom. The number of aryl methyl sites for hydroxylation is 1. The number of hydrogen-bond donors (Lipinski definition) is 0. The number of carbonyl (C=O) groups excluding carboxylic acids is 1. The zero-order valence-corrected chi connectivity index (χ0v) is 12.3. The van der Waals surface area contributed by atoms with Crippen molar-refractivity contribution in [1.82, 2.24) is 4.57 Å². The van der Waals surface area contributed by atoms with E-state index in [2.05, 4.69) is 18.4 Å². The Balaban J connectivity index is 2.87. The predicted octanol–water partition coefficient (Wildman–Crippen LogP) is 2.47. The second-order valence-corrected chi connectivity index (χ2v) is 4.71. The first-order chi connectivity index (χ1) is 9.49. The van der Waals surface area contributed by atoms with Gasteiger partial charge in [0, 0.05) is 25.0 Å². The van der Waals surface area contributed by atoms with Gasteiger partial charge >= 0.3 is 5.97 Å². The maximum absolute atomic E-state index is 11.7. The van der Waals surface area contributed by atoms with Crippen molar-refractivity contribution in [3.8, 4) is 6.07 Å². The van der Waals surface area contributed by atoms with Crippen LogP contribution in [0, 0.1) is 18.3 Å². The third kappa shape index (κ3) is 4.25. The quantitative estimate of drug-likeness (QED) is 0.346. The highest BCUT2D eigenvalue weighted by molar-refractivity contribution is 5.97. The normalized spacial score (nSPS) is 11.5. The van der Waals surface area contributed by atoms with Gasteiger partial charge in [-0.05, 0) is 38.5 Å². The van der Waals surface area contributed by atoms with Crippen LogP contribution < -0.4 is 0 Å².